The van der Waals surface area contributed by atoms with Gasteiger partial charge < -0.3 is 19.9 Å². The summed E-state index contributed by atoms with van der Waals surface area (Å²) in [6, 6.07) is 5.92. The summed E-state index contributed by atoms with van der Waals surface area (Å²) in [6.45, 7) is 7.98. The highest BCUT2D eigenvalue weighted by molar-refractivity contribution is 5.39. The minimum absolute atomic E-state index is 0.00819. The number of aliphatic hydroxyl groups excluding tert-OH is 1. The molecule has 2 N–H and O–H groups in total. The molecule has 0 aliphatic rings. The summed E-state index contributed by atoms with van der Waals surface area (Å²) >= 11 is 0. The molecule has 0 fully saturated rings. The number of benzene rings is 1. The van der Waals surface area contributed by atoms with Crippen LogP contribution in [0.25, 0.3) is 0 Å². The summed E-state index contributed by atoms with van der Waals surface area (Å²) in [5, 5.41) is 14.0. The van der Waals surface area contributed by atoms with Crippen molar-refractivity contribution in [2.24, 2.45) is 0 Å². The molecule has 1 rings (SSSR count). The van der Waals surface area contributed by atoms with Crippen molar-refractivity contribution in [3.05, 3.63) is 29.3 Å². The fourth-order valence-electron chi connectivity index (χ4n) is 2.23. The second kappa shape index (κ2) is 8.95. The molecule has 0 heterocycles. The fourth-order valence-corrected chi connectivity index (χ4v) is 2.23. The van der Waals surface area contributed by atoms with Gasteiger partial charge in [-0.3, -0.25) is 0 Å². The van der Waals surface area contributed by atoms with Gasteiger partial charge in [-0.1, -0.05) is 18.6 Å². The maximum Gasteiger partial charge on any atom is 0.125 e. The van der Waals surface area contributed by atoms with Crippen LogP contribution in [0.2, 0.25) is 0 Å². The largest absolute Gasteiger partial charge is 0.493 e. The summed E-state index contributed by atoms with van der Waals surface area (Å²) in [5.41, 5.74) is 1.97. The smallest absolute Gasteiger partial charge is 0.125 e. The number of methoxy groups -OCH3 is 1. The van der Waals surface area contributed by atoms with Crippen LogP contribution in [0.5, 0.6) is 5.75 Å². The van der Waals surface area contributed by atoms with Crippen LogP contribution < -0.4 is 10.1 Å². The van der Waals surface area contributed by atoms with Crippen molar-refractivity contribution in [2.75, 3.05) is 26.9 Å². The van der Waals surface area contributed by atoms with E-state index in [-0.39, 0.29) is 6.04 Å². The Morgan fingerprint density at radius 1 is 1.30 bits per heavy atom. The van der Waals surface area contributed by atoms with Gasteiger partial charge in [0.25, 0.3) is 0 Å². The zero-order valence-corrected chi connectivity index (χ0v) is 13.0. The maximum atomic E-state index is 10.6. The van der Waals surface area contributed by atoms with Gasteiger partial charge in [-0.2, -0.15) is 0 Å². The van der Waals surface area contributed by atoms with E-state index in [4.69, 9.17) is 9.47 Å². The molecule has 2 unspecified atom stereocenters. The lowest BCUT2D eigenvalue weighted by Gasteiger charge is -2.25. The molecule has 4 nitrogen and oxygen atoms in total. The Labute approximate surface area is 122 Å². The van der Waals surface area contributed by atoms with Gasteiger partial charge in [0.05, 0.1) is 19.3 Å². The molecule has 0 aliphatic carbocycles. The predicted molar refractivity (Wildman–Crippen MR) is 81.3 cm³/mol. The third-order valence-electron chi connectivity index (χ3n) is 3.32. The van der Waals surface area contributed by atoms with Crippen LogP contribution in [0, 0.1) is 6.92 Å². The van der Waals surface area contributed by atoms with E-state index in [1.54, 1.807) is 7.11 Å². The molecule has 0 aromatic heterocycles. The fraction of sp³-hybridized carbons (Fsp3) is 0.625. The third-order valence-corrected chi connectivity index (χ3v) is 3.32. The van der Waals surface area contributed by atoms with E-state index >= 15 is 0 Å². The Bertz CT molecular complexity index is 395. The van der Waals surface area contributed by atoms with Gasteiger partial charge in [-0.25, -0.2) is 0 Å². The molecule has 114 valence electrons. The number of nitrogens with one attached hydrogen (secondary N) is 1. The number of hydrogen-bond acceptors (Lipinski definition) is 4. The SMILES string of the molecule is CCOc1ccc(C)cc1C(O)C(CC)NCCOC. The Kier molecular flexibility index (Phi) is 7.59. The highest BCUT2D eigenvalue weighted by atomic mass is 16.5. The van der Waals surface area contributed by atoms with Crippen molar-refractivity contribution in [1.29, 1.82) is 0 Å². The van der Waals surface area contributed by atoms with E-state index in [0.717, 1.165) is 29.8 Å². The number of hydrogen-bond donors (Lipinski definition) is 2. The first kappa shape index (κ1) is 17.0. The molecule has 0 saturated carbocycles. The molecule has 0 amide bonds. The molecule has 0 saturated heterocycles. The Morgan fingerprint density at radius 2 is 2.05 bits per heavy atom. The van der Waals surface area contributed by atoms with E-state index in [9.17, 15) is 5.11 Å². The molecule has 4 heteroatoms. The molecule has 0 aliphatic heterocycles. The van der Waals surface area contributed by atoms with Crippen LogP contribution in [0.15, 0.2) is 18.2 Å². The standard InChI is InChI=1S/C16H27NO3/c1-5-14(17-9-10-19-4)16(18)13-11-12(3)7-8-15(13)20-6-2/h7-8,11,14,16-18H,5-6,9-10H2,1-4H3. The van der Waals surface area contributed by atoms with E-state index in [0.29, 0.717) is 13.2 Å². The first-order valence-corrected chi connectivity index (χ1v) is 7.27. The van der Waals surface area contributed by atoms with Gasteiger partial charge in [0.15, 0.2) is 0 Å². The van der Waals surface area contributed by atoms with Crippen molar-refractivity contribution in [2.45, 2.75) is 39.3 Å². The molecule has 1 aromatic rings. The molecular formula is C16H27NO3. The van der Waals surface area contributed by atoms with Gasteiger partial charge >= 0.3 is 0 Å². The van der Waals surface area contributed by atoms with Gasteiger partial charge in [0.1, 0.15) is 5.75 Å². The highest BCUT2D eigenvalue weighted by Crippen LogP contribution is 2.29. The summed E-state index contributed by atoms with van der Waals surface area (Å²) < 4.78 is 10.7. The predicted octanol–water partition coefficient (Wildman–Crippen LogP) is 2.44. The first-order chi connectivity index (χ1) is 9.63. The molecule has 0 bridgehead atoms. The van der Waals surface area contributed by atoms with Crippen LogP contribution in [-0.2, 0) is 4.74 Å². The zero-order chi connectivity index (χ0) is 15.0. The van der Waals surface area contributed by atoms with Gasteiger partial charge in [-0.15, -0.1) is 0 Å². The number of rotatable bonds is 9. The molecule has 1 aromatic carbocycles. The minimum Gasteiger partial charge on any atom is -0.493 e. The van der Waals surface area contributed by atoms with Gasteiger partial charge in [-0.05, 0) is 32.4 Å². The maximum absolute atomic E-state index is 10.6. The Morgan fingerprint density at radius 3 is 2.65 bits per heavy atom. The highest BCUT2D eigenvalue weighted by Gasteiger charge is 2.22. The van der Waals surface area contributed by atoms with Crippen LogP contribution in [-0.4, -0.2) is 38.0 Å². The molecule has 0 radical (unpaired) electrons. The van der Waals surface area contributed by atoms with Crippen LogP contribution >= 0.6 is 0 Å². The summed E-state index contributed by atoms with van der Waals surface area (Å²) in [6.07, 6.45) is 0.253. The second-order valence-corrected chi connectivity index (χ2v) is 4.88. The average molecular weight is 281 g/mol. The third kappa shape index (κ3) is 4.78. The zero-order valence-electron chi connectivity index (χ0n) is 13.0. The van der Waals surface area contributed by atoms with Gasteiger partial charge in [0, 0.05) is 25.3 Å². The van der Waals surface area contributed by atoms with Crippen molar-refractivity contribution >= 4 is 0 Å². The van der Waals surface area contributed by atoms with Crippen LogP contribution in [0.3, 0.4) is 0 Å². The second-order valence-electron chi connectivity index (χ2n) is 4.88. The van der Waals surface area contributed by atoms with Crippen LogP contribution in [0.4, 0.5) is 0 Å². The van der Waals surface area contributed by atoms with Crippen molar-refractivity contribution < 1.29 is 14.6 Å². The lowest BCUT2D eigenvalue weighted by atomic mass is 9.97. The van der Waals surface area contributed by atoms with E-state index in [2.05, 4.69) is 12.2 Å². The lowest BCUT2D eigenvalue weighted by molar-refractivity contribution is 0.114. The quantitative estimate of drug-likeness (QED) is 0.683. The van der Waals surface area contributed by atoms with Crippen molar-refractivity contribution in [3.8, 4) is 5.75 Å². The first-order valence-electron chi connectivity index (χ1n) is 7.27. The summed E-state index contributed by atoms with van der Waals surface area (Å²) in [4.78, 5) is 0. The summed E-state index contributed by atoms with van der Waals surface area (Å²) in [5.74, 6) is 0.762. The monoisotopic (exact) mass is 281 g/mol. The van der Waals surface area contributed by atoms with Gasteiger partial charge in [0.2, 0.25) is 0 Å². The number of aryl methyl sites for hydroxylation is 1. The molecule has 0 spiro atoms. The molecule has 2 atom stereocenters. The topological polar surface area (TPSA) is 50.7 Å². The minimum atomic E-state index is -0.585. The Hall–Kier alpha value is -1.10. The number of aliphatic hydroxyl groups is 1. The normalized spacial score (nSPS) is 14.1. The van der Waals surface area contributed by atoms with E-state index in [1.165, 1.54) is 0 Å². The van der Waals surface area contributed by atoms with E-state index in [1.807, 2.05) is 32.0 Å². The average Bonchev–Trinajstić information content (AvgIpc) is 2.45. The lowest BCUT2D eigenvalue weighted by Crippen LogP contribution is -2.36. The van der Waals surface area contributed by atoms with Crippen LogP contribution in [0.1, 0.15) is 37.5 Å². The van der Waals surface area contributed by atoms with Crippen molar-refractivity contribution in [1.82, 2.24) is 5.32 Å². The number of ether oxygens (including phenoxy) is 2. The van der Waals surface area contributed by atoms with E-state index < -0.39 is 6.10 Å². The Balaban J connectivity index is 2.86. The molecule has 20 heavy (non-hydrogen) atoms. The summed E-state index contributed by atoms with van der Waals surface area (Å²) in [7, 11) is 1.67. The molecular weight excluding hydrogens is 254 g/mol. The van der Waals surface area contributed by atoms with Crippen molar-refractivity contribution in [3.63, 3.8) is 0 Å².